The Kier molecular flexibility index (Phi) is 6.22. The van der Waals surface area contributed by atoms with Gasteiger partial charge in [0.05, 0.1) is 0 Å². The number of ether oxygens (including phenoxy) is 3. The lowest BCUT2D eigenvalue weighted by Gasteiger charge is -2.21. The average molecular weight is 292 g/mol. The van der Waals surface area contributed by atoms with Crippen molar-refractivity contribution in [2.45, 2.75) is 38.2 Å². The van der Waals surface area contributed by atoms with Gasteiger partial charge in [-0.3, -0.25) is 0 Å². The van der Waals surface area contributed by atoms with Gasteiger partial charge in [-0.2, -0.15) is 0 Å². The zero-order valence-corrected chi connectivity index (χ0v) is 12.0. The van der Waals surface area contributed by atoms with E-state index < -0.39 is 11.9 Å². The van der Waals surface area contributed by atoms with Gasteiger partial charge in [0.15, 0.2) is 0 Å². The summed E-state index contributed by atoms with van der Waals surface area (Å²) in [7, 11) is 0. The zero-order valence-electron chi connectivity index (χ0n) is 12.0. The first-order chi connectivity index (χ1) is 10.2. The van der Waals surface area contributed by atoms with Gasteiger partial charge in [0.2, 0.25) is 0 Å². The van der Waals surface area contributed by atoms with E-state index in [0.29, 0.717) is 5.75 Å². The molecule has 5 heteroatoms. The summed E-state index contributed by atoms with van der Waals surface area (Å²) in [5, 5.41) is 0. The fourth-order valence-electron chi connectivity index (χ4n) is 2.27. The molecule has 1 aliphatic rings. The highest BCUT2D eigenvalue weighted by Crippen LogP contribution is 2.20. The number of hydrogen-bond acceptors (Lipinski definition) is 5. The standard InChI is InChI=1S/C16H20O5/c17-15(20-13-7-3-1-4-8-13)11-19-12-16(18)21-14-9-5-2-6-10-14/h1,3-4,7-8,14H,2,5-6,9-12H2. The number of hydrogen-bond donors (Lipinski definition) is 0. The van der Waals surface area contributed by atoms with Crippen molar-refractivity contribution < 1.29 is 23.8 Å². The molecule has 5 nitrogen and oxygen atoms in total. The second kappa shape index (κ2) is 8.42. The predicted molar refractivity (Wildman–Crippen MR) is 75.9 cm³/mol. The number of rotatable bonds is 6. The van der Waals surface area contributed by atoms with Gasteiger partial charge in [0.25, 0.3) is 0 Å². The Balaban J connectivity index is 1.60. The molecular formula is C16H20O5. The molecule has 0 radical (unpaired) electrons. The molecule has 0 bridgehead atoms. The van der Waals surface area contributed by atoms with E-state index in [2.05, 4.69) is 0 Å². The summed E-state index contributed by atoms with van der Waals surface area (Å²) < 4.78 is 15.3. The molecule has 0 aliphatic heterocycles. The lowest BCUT2D eigenvalue weighted by Crippen LogP contribution is -2.25. The van der Waals surface area contributed by atoms with Gasteiger partial charge in [0.1, 0.15) is 25.1 Å². The second-order valence-electron chi connectivity index (χ2n) is 5.03. The van der Waals surface area contributed by atoms with E-state index in [4.69, 9.17) is 14.2 Å². The molecular weight excluding hydrogens is 272 g/mol. The van der Waals surface area contributed by atoms with Crippen molar-refractivity contribution in [1.82, 2.24) is 0 Å². The molecule has 1 aliphatic carbocycles. The van der Waals surface area contributed by atoms with Crippen LogP contribution in [0.25, 0.3) is 0 Å². The van der Waals surface area contributed by atoms with Crippen LogP contribution in [0.5, 0.6) is 5.75 Å². The predicted octanol–water partition coefficient (Wildman–Crippen LogP) is 2.48. The Labute approximate surface area is 124 Å². The molecule has 1 saturated carbocycles. The Morgan fingerprint density at radius 3 is 2.33 bits per heavy atom. The average Bonchev–Trinajstić information content (AvgIpc) is 2.49. The van der Waals surface area contributed by atoms with Gasteiger partial charge in [0, 0.05) is 0 Å². The van der Waals surface area contributed by atoms with Crippen molar-refractivity contribution in [3.05, 3.63) is 30.3 Å². The molecule has 1 aromatic rings. The normalized spacial score (nSPS) is 15.4. The van der Waals surface area contributed by atoms with Crippen molar-refractivity contribution in [3.63, 3.8) is 0 Å². The SMILES string of the molecule is O=C(COCC(=O)OC1CCCCC1)Oc1ccccc1. The molecule has 21 heavy (non-hydrogen) atoms. The number of benzene rings is 1. The Hall–Kier alpha value is -1.88. The second-order valence-corrected chi connectivity index (χ2v) is 5.03. The molecule has 0 heterocycles. The lowest BCUT2D eigenvalue weighted by molar-refractivity contribution is -0.157. The van der Waals surface area contributed by atoms with Crippen LogP contribution < -0.4 is 4.74 Å². The van der Waals surface area contributed by atoms with Gasteiger partial charge in [-0.15, -0.1) is 0 Å². The molecule has 114 valence electrons. The molecule has 0 unspecified atom stereocenters. The van der Waals surface area contributed by atoms with E-state index in [-0.39, 0.29) is 19.3 Å². The van der Waals surface area contributed by atoms with Gasteiger partial charge < -0.3 is 14.2 Å². The van der Waals surface area contributed by atoms with Crippen LogP contribution in [0.1, 0.15) is 32.1 Å². The summed E-state index contributed by atoms with van der Waals surface area (Å²) in [4.78, 5) is 23.0. The number of esters is 2. The summed E-state index contributed by atoms with van der Waals surface area (Å²) in [5.74, 6) is -0.503. The van der Waals surface area contributed by atoms with Crippen LogP contribution in [0.4, 0.5) is 0 Å². The third-order valence-corrected chi connectivity index (χ3v) is 3.27. The fraction of sp³-hybridized carbons (Fsp3) is 0.500. The third-order valence-electron chi connectivity index (χ3n) is 3.27. The first-order valence-corrected chi connectivity index (χ1v) is 7.27. The monoisotopic (exact) mass is 292 g/mol. The number of carbonyl (C=O) groups is 2. The zero-order chi connectivity index (χ0) is 14.9. The van der Waals surface area contributed by atoms with Gasteiger partial charge in [-0.1, -0.05) is 24.6 Å². The van der Waals surface area contributed by atoms with E-state index in [1.165, 1.54) is 6.42 Å². The van der Waals surface area contributed by atoms with Crippen molar-refractivity contribution in [2.24, 2.45) is 0 Å². The maximum atomic E-state index is 11.6. The molecule has 0 atom stereocenters. The van der Waals surface area contributed by atoms with Crippen LogP contribution in [0.3, 0.4) is 0 Å². The fourth-order valence-corrected chi connectivity index (χ4v) is 2.27. The van der Waals surface area contributed by atoms with E-state index >= 15 is 0 Å². The summed E-state index contributed by atoms with van der Waals surface area (Å²) in [6.45, 7) is -0.491. The van der Waals surface area contributed by atoms with Crippen LogP contribution >= 0.6 is 0 Å². The van der Waals surface area contributed by atoms with Crippen LogP contribution in [0.15, 0.2) is 30.3 Å². The maximum absolute atomic E-state index is 11.6. The smallest absolute Gasteiger partial charge is 0.337 e. The molecule has 0 saturated heterocycles. The van der Waals surface area contributed by atoms with Crippen molar-refractivity contribution in [2.75, 3.05) is 13.2 Å². The van der Waals surface area contributed by atoms with Crippen molar-refractivity contribution in [3.8, 4) is 5.75 Å². The Morgan fingerprint density at radius 2 is 1.62 bits per heavy atom. The Bertz CT molecular complexity index is 451. The summed E-state index contributed by atoms with van der Waals surface area (Å²) in [6, 6.07) is 8.72. The maximum Gasteiger partial charge on any atom is 0.337 e. The molecule has 0 spiro atoms. The first kappa shape index (κ1) is 15.5. The molecule has 2 rings (SSSR count). The van der Waals surface area contributed by atoms with E-state index in [1.807, 2.05) is 6.07 Å². The lowest BCUT2D eigenvalue weighted by atomic mass is 9.98. The largest absolute Gasteiger partial charge is 0.461 e. The molecule has 0 aromatic heterocycles. The topological polar surface area (TPSA) is 61.8 Å². The highest BCUT2D eigenvalue weighted by Gasteiger charge is 2.18. The molecule has 1 fully saturated rings. The van der Waals surface area contributed by atoms with Crippen LogP contribution in [0.2, 0.25) is 0 Å². The van der Waals surface area contributed by atoms with Crippen molar-refractivity contribution in [1.29, 1.82) is 0 Å². The summed E-state index contributed by atoms with van der Waals surface area (Å²) >= 11 is 0. The Morgan fingerprint density at radius 1 is 0.952 bits per heavy atom. The van der Waals surface area contributed by atoms with Crippen LogP contribution in [-0.4, -0.2) is 31.3 Å². The highest BCUT2D eigenvalue weighted by atomic mass is 16.6. The molecule has 0 amide bonds. The van der Waals surface area contributed by atoms with Gasteiger partial charge >= 0.3 is 11.9 Å². The highest BCUT2D eigenvalue weighted by molar-refractivity contribution is 5.75. The minimum Gasteiger partial charge on any atom is -0.461 e. The molecule has 0 N–H and O–H groups in total. The van der Waals surface area contributed by atoms with Gasteiger partial charge in [-0.25, -0.2) is 9.59 Å². The van der Waals surface area contributed by atoms with Crippen LogP contribution in [0, 0.1) is 0 Å². The molecule has 1 aromatic carbocycles. The van der Waals surface area contributed by atoms with Gasteiger partial charge in [-0.05, 0) is 37.8 Å². The quantitative estimate of drug-likeness (QED) is 0.595. The van der Waals surface area contributed by atoms with E-state index in [9.17, 15) is 9.59 Å². The minimum atomic E-state index is -0.535. The van der Waals surface area contributed by atoms with E-state index in [1.54, 1.807) is 24.3 Å². The summed E-state index contributed by atoms with van der Waals surface area (Å²) in [6.07, 6.45) is 5.25. The number of carbonyl (C=O) groups excluding carboxylic acids is 2. The number of para-hydroxylation sites is 1. The van der Waals surface area contributed by atoms with Crippen LogP contribution in [-0.2, 0) is 19.1 Å². The summed E-state index contributed by atoms with van der Waals surface area (Å²) in [5.41, 5.74) is 0. The van der Waals surface area contributed by atoms with Crippen molar-refractivity contribution >= 4 is 11.9 Å². The third kappa shape index (κ3) is 5.95. The van der Waals surface area contributed by atoms with E-state index in [0.717, 1.165) is 25.7 Å². The first-order valence-electron chi connectivity index (χ1n) is 7.27. The minimum absolute atomic E-state index is 0.00567.